The Labute approximate surface area is 145 Å². The fourth-order valence-corrected chi connectivity index (χ4v) is 3.42. The lowest BCUT2D eigenvalue weighted by Gasteiger charge is -2.32. The van der Waals surface area contributed by atoms with Gasteiger partial charge in [0.1, 0.15) is 6.10 Å². The van der Waals surface area contributed by atoms with Crippen molar-refractivity contribution in [2.45, 2.75) is 50.6 Å². The van der Waals surface area contributed by atoms with Crippen LogP contribution in [0.1, 0.15) is 36.8 Å². The van der Waals surface area contributed by atoms with E-state index in [1.54, 1.807) is 6.07 Å². The molecule has 0 aromatic heterocycles. The molecule has 1 N–H and O–H groups in total. The summed E-state index contributed by atoms with van der Waals surface area (Å²) in [6.07, 6.45) is -1.32. The summed E-state index contributed by atoms with van der Waals surface area (Å²) >= 11 is 0. The summed E-state index contributed by atoms with van der Waals surface area (Å²) in [5.41, 5.74) is 0.0559. The summed E-state index contributed by atoms with van der Waals surface area (Å²) in [6.45, 7) is 2.66. The molecule has 1 aromatic rings. The molecule has 7 heteroatoms. The molecule has 0 aliphatic carbocycles. The van der Waals surface area contributed by atoms with E-state index >= 15 is 0 Å². The van der Waals surface area contributed by atoms with Crippen molar-refractivity contribution in [1.82, 2.24) is 10.2 Å². The van der Waals surface area contributed by atoms with Crippen LogP contribution in [0.25, 0.3) is 0 Å². The molecular weight excluding hydrogens is 333 g/mol. The second kappa shape index (κ2) is 7.74. The average Bonchev–Trinajstić information content (AvgIpc) is 3.11. The summed E-state index contributed by atoms with van der Waals surface area (Å²) in [5.74, 6) is -0.0335. The van der Waals surface area contributed by atoms with Crippen LogP contribution < -0.4 is 5.32 Å². The maximum Gasteiger partial charge on any atom is 0.416 e. The van der Waals surface area contributed by atoms with E-state index in [0.29, 0.717) is 18.7 Å². The summed E-state index contributed by atoms with van der Waals surface area (Å²) in [5, 5.41) is 3.03. The zero-order valence-corrected chi connectivity index (χ0v) is 14.0. The van der Waals surface area contributed by atoms with Crippen molar-refractivity contribution in [2.75, 3.05) is 19.7 Å². The van der Waals surface area contributed by atoms with Gasteiger partial charge in [-0.1, -0.05) is 18.2 Å². The monoisotopic (exact) mass is 356 g/mol. The Hall–Kier alpha value is -1.60. The summed E-state index contributed by atoms with van der Waals surface area (Å²) in [6, 6.07) is 5.60. The van der Waals surface area contributed by atoms with E-state index in [-0.39, 0.29) is 18.1 Å². The van der Waals surface area contributed by atoms with Crippen LogP contribution in [0, 0.1) is 0 Å². The van der Waals surface area contributed by atoms with E-state index in [1.165, 1.54) is 12.1 Å². The van der Waals surface area contributed by atoms with Crippen molar-refractivity contribution < 1.29 is 22.7 Å². The minimum atomic E-state index is -4.31. The number of benzene rings is 1. The molecule has 3 rings (SSSR count). The number of hydrogen-bond donors (Lipinski definition) is 1. The lowest BCUT2D eigenvalue weighted by atomic mass is 10.0. The van der Waals surface area contributed by atoms with Crippen LogP contribution in [0.5, 0.6) is 0 Å². The van der Waals surface area contributed by atoms with E-state index in [9.17, 15) is 18.0 Å². The van der Waals surface area contributed by atoms with E-state index in [4.69, 9.17) is 4.74 Å². The van der Waals surface area contributed by atoms with Gasteiger partial charge in [0, 0.05) is 32.3 Å². The van der Waals surface area contributed by atoms with Crippen LogP contribution in [0.4, 0.5) is 13.2 Å². The van der Waals surface area contributed by atoms with Gasteiger partial charge in [0.2, 0.25) is 5.91 Å². The number of piperidine rings is 1. The third kappa shape index (κ3) is 4.95. The van der Waals surface area contributed by atoms with E-state index < -0.39 is 11.7 Å². The number of rotatable bonds is 4. The number of carbonyl (C=O) groups excluding carboxylic acids is 1. The molecule has 2 aliphatic heterocycles. The second-order valence-corrected chi connectivity index (χ2v) is 6.76. The van der Waals surface area contributed by atoms with Gasteiger partial charge in [-0.2, -0.15) is 13.2 Å². The lowest BCUT2D eigenvalue weighted by molar-refractivity contribution is -0.137. The van der Waals surface area contributed by atoms with E-state index in [0.717, 1.165) is 44.8 Å². The maximum absolute atomic E-state index is 12.8. The quantitative estimate of drug-likeness (QED) is 0.902. The topological polar surface area (TPSA) is 41.6 Å². The lowest BCUT2D eigenvalue weighted by Crippen LogP contribution is -2.47. The van der Waals surface area contributed by atoms with Gasteiger partial charge in [-0.25, -0.2) is 0 Å². The third-order valence-corrected chi connectivity index (χ3v) is 4.82. The average molecular weight is 356 g/mol. The van der Waals surface area contributed by atoms with Crippen molar-refractivity contribution in [3.8, 4) is 0 Å². The second-order valence-electron chi connectivity index (χ2n) is 6.76. The number of hydrogen-bond acceptors (Lipinski definition) is 3. The largest absolute Gasteiger partial charge is 0.416 e. The fourth-order valence-electron chi connectivity index (χ4n) is 3.42. The van der Waals surface area contributed by atoms with E-state index in [2.05, 4.69) is 10.2 Å². The number of carbonyl (C=O) groups is 1. The normalized spacial score (nSPS) is 22.9. The molecule has 2 heterocycles. The number of amides is 1. The molecule has 0 radical (unpaired) electrons. The first kappa shape index (κ1) is 18.2. The zero-order chi connectivity index (χ0) is 17.9. The fraction of sp³-hybridized carbons (Fsp3) is 0.611. The highest BCUT2D eigenvalue weighted by Gasteiger charge is 2.31. The Morgan fingerprint density at radius 1 is 1.24 bits per heavy atom. The summed E-state index contributed by atoms with van der Waals surface area (Å²) in [7, 11) is 0. The molecule has 1 atom stereocenters. The molecule has 0 saturated carbocycles. The smallest absolute Gasteiger partial charge is 0.368 e. The standard InChI is InChI=1S/C18H23F3N2O2/c19-18(20,21)14-4-1-3-13(11-14)12-23-8-6-15(7-9-23)22-17(24)16-5-2-10-25-16/h1,3-4,11,15-16H,2,5-10,12H2,(H,22,24)/t16-/m1/s1. The Balaban J connectivity index is 1.47. The molecule has 0 unspecified atom stereocenters. The minimum absolute atomic E-state index is 0.0335. The highest BCUT2D eigenvalue weighted by atomic mass is 19.4. The number of ether oxygens (including phenoxy) is 1. The molecule has 4 nitrogen and oxygen atoms in total. The number of nitrogens with one attached hydrogen (secondary N) is 1. The van der Waals surface area contributed by atoms with Crippen molar-refractivity contribution in [3.05, 3.63) is 35.4 Å². The predicted octanol–water partition coefficient (Wildman–Crippen LogP) is 2.97. The van der Waals surface area contributed by atoms with E-state index in [1.807, 2.05) is 0 Å². The van der Waals surface area contributed by atoms with Gasteiger partial charge >= 0.3 is 6.18 Å². The molecule has 0 spiro atoms. The number of halogens is 3. The van der Waals surface area contributed by atoms with Crippen LogP contribution in [0.2, 0.25) is 0 Å². The zero-order valence-electron chi connectivity index (χ0n) is 14.0. The molecule has 0 bridgehead atoms. The Bertz CT molecular complexity index is 592. The Kier molecular flexibility index (Phi) is 5.64. The highest BCUT2D eigenvalue weighted by molar-refractivity contribution is 5.81. The van der Waals surface area contributed by atoms with Crippen LogP contribution in [0.3, 0.4) is 0 Å². The van der Waals surface area contributed by atoms with Crippen LogP contribution in [0.15, 0.2) is 24.3 Å². The first-order valence-electron chi connectivity index (χ1n) is 8.72. The van der Waals surface area contributed by atoms with Gasteiger partial charge in [-0.15, -0.1) is 0 Å². The van der Waals surface area contributed by atoms with Crippen molar-refractivity contribution in [1.29, 1.82) is 0 Å². The number of nitrogens with zero attached hydrogens (tertiary/aromatic N) is 1. The van der Waals surface area contributed by atoms with Crippen LogP contribution >= 0.6 is 0 Å². The molecule has 2 fully saturated rings. The Morgan fingerprint density at radius 3 is 2.64 bits per heavy atom. The molecule has 25 heavy (non-hydrogen) atoms. The summed E-state index contributed by atoms with van der Waals surface area (Å²) < 4.78 is 43.7. The highest BCUT2D eigenvalue weighted by Crippen LogP contribution is 2.30. The van der Waals surface area contributed by atoms with Crippen molar-refractivity contribution in [2.24, 2.45) is 0 Å². The van der Waals surface area contributed by atoms with Gasteiger partial charge < -0.3 is 10.1 Å². The molecule has 2 saturated heterocycles. The van der Waals surface area contributed by atoms with Gasteiger partial charge in [-0.3, -0.25) is 9.69 Å². The number of alkyl halides is 3. The van der Waals surface area contributed by atoms with Crippen molar-refractivity contribution >= 4 is 5.91 Å². The molecule has 1 aromatic carbocycles. The predicted molar refractivity (Wildman–Crippen MR) is 86.9 cm³/mol. The van der Waals surface area contributed by atoms with Gasteiger partial charge in [0.15, 0.2) is 0 Å². The maximum atomic E-state index is 12.8. The molecule has 138 valence electrons. The minimum Gasteiger partial charge on any atom is -0.368 e. The van der Waals surface area contributed by atoms with Crippen LogP contribution in [-0.2, 0) is 22.3 Å². The molecule has 2 aliphatic rings. The van der Waals surface area contributed by atoms with Gasteiger partial charge in [-0.05, 0) is 37.3 Å². The van der Waals surface area contributed by atoms with Gasteiger partial charge in [0.25, 0.3) is 0 Å². The SMILES string of the molecule is O=C(NC1CCN(Cc2cccc(C(F)(F)F)c2)CC1)[C@H]1CCCO1. The third-order valence-electron chi connectivity index (χ3n) is 4.82. The van der Waals surface area contributed by atoms with Crippen molar-refractivity contribution in [3.63, 3.8) is 0 Å². The molecular formula is C18H23F3N2O2. The molecule has 1 amide bonds. The van der Waals surface area contributed by atoms with Gasteiger partial charge in [0.05, 0.1) is 5.56 Å². The Morgan fingerprint density at radius 2 is 2.00 bits per heavy atom. The summed E-state index contributed by atoms with van der Waals surface area (Å²) in [4.78, 5) is 14.2. The first-order valence-corrected chi connectivity index (χ1v) is 8.72. The first-order chi connectivity index (χ1) is 11.9. The number of likely N-dealkylation sites (tertiary alicyclic amines) is 1. The van der Waals surface area contributed by atoms with Crippen LogP contribution in [-0.4, -0.2) is 42.6 Å².